The standard InChI is InChI=1S/C22H21NO2/c24-22(23(25)17-18-10-4-1-5-11-18)16-21(19-12-6-2-7-13-19)20-14-8-3-9-15-20/h1-15,21,25H,16-17H2. The van der Waals surface area contributed by atoms with Gasteiger partial charge in [0, 0.05) is 12.3 Å². The number of hydrogen-bond acceptors (Lipinski definition) is 2. The van der Waals surface area contributed by atoms with Crippen molar-refractivity contribution < 1.29 is 10.0 Å². The van der Waals surface area contributed by atoms with Crippen LogP contribution in [0.5, 0.6) is 0 Å². The molecule has 3 aromatic carbocycles. The fourth-order valence-corrected chi connectivity index (χ4v) is 2.92. The van der Waals surface area contributed by atoms with E-state index >= 15 is 0 Å². The molecule has 3 rings (SSSR count). The summed E-state index contributed by atoms with van der Waals surface area (Å²) in [5, 5.41) is 11.0. The zero-order valence-electron chi connectivity index (χ0n) is 14.0. The average molecular weight is 331 g/mol. The predicted octanol–water partition coefficient (Wildman–Crippen LogP) is 4.63. The van der Waals surface area contributed by atoms with Gasteiger partial charge in [-0.1, -0.05) is 91.0 Å². The molecule has 0 saturated heterocycles. The largest absolute Gasteiger partial charge is 0.286 e. The van der Waals surface area contributed by atoms with Gasteiger partial charge in [-0.2, -0.15) is 0 Å². The fourth-order valence-electron chi connectivity index (χ4n) is 2.92. The molecule has 3 aromatic rings. The van der Waals surface area contributed by atoms with E-state index in [1.807, 2.05) is 91.0 Å². The lowest BCUT2D eigenvalue weighted by atomic mass is 9.88. The molecule has 0 bridgehead atoms. The SMILES string of the molecule is O=C(CC(c1ccccc1)c1ccccc1)N(O)Cc1ccccc1. The highest BCUT2D eigenvalue weighted by atomic mass is 16.5. The zero-order chi connectivity index (χ0) is 17.5. The first kappa shape index (κ1) is 16.9. The maximum absolute atomic E-state index is 12.6. The molecule has 0 aliphatic heterocycles. The minimum atomic E-state index is -0.290. The minimum Gasteiger partial charge on any atom is -0.286 e. The first-order chi connectivity index (χ1) is 12.2. The maximum atomic E-state index is 12.6. The minimum absolute atomic E-state index is 0.0830. The molecule has 0 aliphatic carbocycles. The van der Waals surface area contributed by atoms with E-state index in [4.69, 9.17) is 0 Å². The molecule has 0 atom stereocenters. The molecule has 0 radical (unpaired) electrons. The van der Waals surface area contributed by atoms with Gasteiger partial charge in [0.2, 0.25) is 5.91 Å². The van der Waals surface area contributed by atoms with E-state index in [0.29, 0.717) is 0 Å². The third kappa shape index (κ3) is 4.55. The second kappa shape index (κ2) is 8.27. The summed E-state index contributed by atoms with van der Waals surface area (Å²) in [5.74, 6) is -0.373. The van der Waals surface area contributed by atoms with E-state index in [2.05, 4.69) is 0 Å². The van der Waals surface area contributed by atoms with E-state index in [0.717, 1.165) is 21.8 Å². The van der Waals surface area contributed by atoms with Crippen molar-refractivity contribution in [3.05, 3.63) is 108 Å². The van der Waals surface area contributed by atoms with Gasteiger partial charge in [-0.25, -0.2) is 5.06 Å². The summed E-state index contributed by atoms with van der Waals surface area (Å²) in [5.41, 5.74) is 3.03. The summed E-state index contributed by atoms with van der Waals surface area (Å²) in [4.78, 5) is 12.6. The number of hydroxylamine groups is 2. The number of hydrogen-bond donors (Lipinski definition) is 1. The Labute approximate surface area is 148 Å². The molecule has 3 nitrogen and oxygen atoms in total. The summed E-state index contributed by atoms with van der Waals surface area (Å²) < 4.78 is 0. The Morgan fingerprint density at radius 3 is 1.68 bits per heavy atom. The molecule has 1 amide bonds. The van der Waals surface area contributed by atoms with Crippen LogP contribution in [0.2, 0.25) is 0 Å². The molecule has 25 heavy (non-hydrogen) atoms. The number of rotatable bonds is 6. The molecule has 0 unspecified atom stereocenters. The molecule has 1 N–H and O–H groups in total. The average Bonchev–Trinajstić information content (AvgIpc) is 2.68. The van der Waals surface area contributed by atoms with Gasteiger partial charge < -0.3 is 0 Å². The molecule has 0 heterocycles. The van der Waals surface area contributed by atoms with E-state index < -0.39 is 0 Å². The lowest BCUT2D eigenvalue weighted by molar-refractivity contribution is -0.168. The van der Waals surface area contributed by atoms with Gasteiger partial charge in [-0.05, 0) is 16.7 Å². The summed E-state index contributed by atoms with van der Waals surface area (Å²) in [6, 6.07) is 29.3. The van der Waals surface area contributed by atoms with E-state index in [1.54, 1.807) is 0 Å². The molecule has 0 aromatic heterocycles. The van der Waals surface area contributed by atoms with Crippen molar-refractivity contribution in [2.45, 2.75) is 18.9 Å². The van der Waals surface area contributed by atoms with Crippen LogP contribution in [-0.2, 0) is 11.3 Å². The van der Waals surface area contributed by atoms with Gasteiger partial charge in [0.05, 0.1) is 6.54 Å². The van der Waals surface area contributed by atoms with Gasteiger partial charge in [-0.3, -0.25) is 10.0 Å². The van der Waals surface area contributed by atoms with Crippen LogP contribution in [0, 0.1) is 0 Å². The number of benzene rings is 3. The molecule has 0 fully saturated rings. The van der Waals surface area contributed by atoms with E-state index in [-0.39, 0.29) is 24.8 Å². The van der Waals surface area contributed by atoms with Crippen molar-refractivity contribution >= 4 is 5.91 Å². The zero-order valence-corrected chi connectivity index (χ0v) is 14.0. The molecular formula is C22H21NO2. The third-order valence-corrected chi connectivity index (χ3v) is 4.25. The van der Waals surface area contributed by atoms with E-state index in [1.165, 1.54) is 0 Å². The molecule has 0 saturated carbocycles. The van der Waals surface area contributed by atoms with Crippen LogP contribution in [0.25, 0.3) is 0 Å². The number of carbonyl (C=O) groups excluding carboxylic acids is 1. The highest BCUT2D eigenvalue weighted by molar-refractivity contribution is 5.76. The van der Waals surface area contributed by atoms with Crippen LogP contribution in [-0.4, -0.2) is 16.2 Å². The van der Waals surface area contributed by atoms with Gasteiger partial charge in [0.1, 0.15) is 0 Å². The van der Waals surface area contributed by atoms with Crippen molar-refractivity contribution in [1.82, 2.24) is 5.06 Å². The maximum Gasteiger partial charge on any atom is 0.247 e. The van der Waals surface area contributed by atoms with Crippen LogP contribution in [0.1, 0.15) is 29.0 Å². The quantitative estimate of drug-likeness (QED) is 0.528. The second-order valence-electron chi connectivity index (χ2n) is 6.02. The van der Waals surface area contributed by atoms with Gasteiger partial charge in [-0.15, -0.1) is 0 Å². The fraction of sp³-hybridized carbons (Fsp3) is 0.136. The molecule has 126 valence electrons. The molecular weight excluding hydrogens is 310 g/mol. The second-order valence-corrected chi connectivity index (χ2v) is 6.02. The normalized spacial score (nSPS) is 10.6. The van der Waals surface area contributed by atoms with Gasteiger partial charge in [0.15, 0.2) is 0 Å². The molecule has 0 spiro atoms. The number of amides is 1. The predicted molar refractivity (Wildman–Crippen MR) is 98.1 cm³/mol. The van der Waals surface area contributed by atoms with Crippen LogP contribution < -0.4 is 0 Å². The molecule has 3 heteroatoms. The van der Waals surface area contributed by atoms with Crippen molar-refractivity contribution in [1.29, 1.82) is 0 Å². The topological polar surface area (TPSA) is 40.5 Å². The summed E-state index contributed by atoms with van der Waals surface area (Å²) in [6.07, 6.45) is 0.220. The Morgan fingerprint density at radius 1 is 0.760 bits per heavy atom. The summed E-state index contributed by atoms with van der Waals surface area (Å²) >= 11 is 0. The lowest BCUT2D eigenvalue weighted by Crippen LogP contribution is -2.28. The lowest BCUT2D eigenvalue weighted by Gasteiger charge is -2.21. The Morgan fingerprint density at radius 2 is 1.20 bits per heavy atom. The first-order valence-corrected chi connectivity index (χ1v) is 8.37. The Kier molecular flexibility index (Phi) is 5.60. The van der Waals surface area contributed by atoms with Crippen molar-refractivity contribution in [3.8, 4) is 0 Å². The van der Waals surface area contributed by atoms with Crippen LogP contribution >= 0.6 is 0 Å². The van der Waals surface area contributed by atoms with Crippen LogP contribution in [0.4, 0.5) is 0 Å². The van der Waals surface area contributed by atoms with Crippen LogP contribution in [0.15, 0.2) is 91.0 Å². The van der Waals surface area contributed by atoms with Crippen molar-refractivity contribution in [2.75, 3.05) is 0 Å². The molecule has 0 aliphatic rings. The van der Waals surface area contributed by atoms with Gasteiger partial charge in [0.25, 0.3) is 0 Å². The Bertz CT molecular complexity index is 749. The summed E-state index contributed by atoms with van der Waals surface area (Å²) in [7, 11) is 0. The smallest absolute Gasteiger partial charge is 0.247 e. The van der Waals surface area contributed by atoms with Crippen LogP contribution in [0.3, 0.4) is 0 Å². The number of carbonyl (C=O) groups is 1. The van der Waals surface area contributed by atoms with Gasteiger partial charge >= 0.3 is 0 Å². The third-order valence-electron chi connectivity index (χ3n) is 4.25. The van der Waals surface area contributed by atoms with Crippen molar-refractivity contribution in [3.63, 3.8) is 0 Å². The highest BCUT2D eigenvalue weighted by Gasteiger charge is 2.21. The number of nitrogens with zero attached hydrogens (tertiary/aromatic N) is 1. The monoisotopic (exact) mass is 331 g/mol. The Hall–Kier alpha value is -2.91. The summed E-state index contributed by atoms with van der Waals surface area (Å²) in [6.45, 7) is 0.190. The van der Waals surface area contributed by atoms with E-state index in [9.17, 15) is 10.0 Å². The Balaban J connectivity index is 1.77. The highest BCUT2D eigenvalue weighted by Crippen LogP contribution is 2.28. The first-order valence-electron chi connectivity index (χ1n) is 8.37. The van der Waals surface area contributed by atoms with Crippen molar-refractivity contribution in [2.24, 2.45) is 0 Å².